The van der Waals surface area contributed by atoms with Crippen molar-refractivity contribution >= 4 is 38.6 Å². The fourth-order valence-corrected chi connectivity index (χ4v) is 5.22. The third-order valence-electron chi connectivity index (χ3n) is 4.03. The molecule has 0 unspecified atom stereocenters. The largest absolute Gasteiger partial charge is 0.352 e. The molecule has 2 heterocycles. The Balaban J connectivity index is 1.53. The van der Waals surface area contributed by atoms with Crippen LogP contribution in [0, 0.1) is 6.92 Å². The minimum Gasteiger partial charge on any atom is -0.352 e. The lowest BCUT2D eigenvalue weighted by atomic mass is 10.2. The number of carbonyl (C=O) groups is 1. The van der Waals surface area contributed by atoms with Gasteiger partial charge >= 0.3 is 0 Å². The van der Waals surface area contributed by atoms with Crippen LogP contribution in [-0.4, -0.2) is 32.4 Å². The third kappa shape index (κ3) is 5.60. The lowest BCUT2D eigenvalue weighted by molar-refractivity contribution is 0.0954. The molecule has 0 saturated heterocycles. The summed E-state index contributed by atoms with van der Waals surface area (Å²) in [7, 11) is -3.59. The van der Waals surface area contributed by atoms with Gasteiger partial charge in [-0.1, -0.05) is 6.08 Å². The van der Waals surface area contributed by atoms with E-state index in [0.717, 1.165) is 22.0 Å². The number of nitrogens with zero attached hydrogens (tertiary/aromatic N) is 1. The molecule has 0 saturated carbocycles. The second-order valence-electron chi connectivity index (χ2n) is 6.19. The molecular formula is C20H21N3O3S3. The Morgan fingerprint density at radius 2 is 1.97 bits per heavy atom. The van der Waals surface area contributed by atoms with E-state index in [-0.39, 0.29) is 17.3 Å². The van der Waals surface area contributed by atoms with E-state index in [1.54, 1.807) is 22.7 Å². The highest BCUT2D eigenvalue weighted by Gasteiger charge is 2.14. The molecule has 2 aromatic heterocycles. The van der Waals surface area contributed by atoms with E-state index in [4.69, 9.17) is 0 Å². The van der Waals surface area contributed by atoms with Crippen LogP contribution in [0.5, 0.6) is 0 Å². The zero-order valence-electron chi connectivity index (χ0n) is 15.8. The summed E-state index contributed by atoms with van der Waals surface area (Å²) in [6, 6.07) is 9.95. The fraction of sp³-hybridized carbons (Fsp3) is 0.200. The van der Waals surface area contributed by atoms with Crippen molar-refractivity contribution < 1.29 is 13.2 Å². The summed E-state index contributed by atoms with van der Waals surface area (Å²) in [5, 5.41) is 5.95. The molecule has 0 atom stereocenters. The number of amides is 1. The van der Waals surface area contributed by atoms with E-state index in [9.17, 15) is 13.2 Å². The van der Waals surface area contributed by atoms with Gasteiger partial charge in [0.25, 0.3) is 5.91 Å². The molecule has 0 bridgehead atoms. The van der Waals surface area contributed by atoms with Crippen LogP contribution in [0.2, 0.25) is 0 Å². The van der Waals surface area contributed by atoms with Crippen molar-refractivity contribution in [2.24, 2.45) is 0 Å². The van der Waals surface area contributed by atoms with Crippen molar-refractivity contribution in [2.75, 3.05) is 13.1 Å². The van der Waals surface area contributed by atoms with Crippen LogP contribution in [-0.2, 0) is 16.4 Å². The van der Waals surface area contributed by atoms with E-state index < -0.39 is 10.0 Å². The Labute approximate surface area is 178 Å². The van der Waals surface area contributed by atoms with Crippen LogP contribution in [0.25, 0.3) is 10.6 Å². The average molecular weight is 448 g/mol. The molecule has 0 aliphatic heterocycles. The van der Waals surface area contributed by atoms with Crippen LogP contribution in [0.3, 0.4) is 0 Å². The Morgan fingerprint density at radius 3 is 2.62 bits per heavy atom. The Kier molecular flexibility index (Phi) is 6.96. The second kappa shape index (κ2) is 9.45. The number of hydrogen-bond donors (Lipinski definition) is 2. The summed E-state index contributed by atoms with van der Waals surface area (Å²) in [5.41, 5.74) is 1.41. The van der Waals surface area contributed by atoms with Crippen LogP contribution in [0.1, 0.15) is 20.2 Å². The third-order valence-corrected chi connectivity index (χ3v) is 7.42. The molecular weight excluding hydrogens is 426 g/mol. The maximum atomic E-state index is 12.3. The zero-order chi connectivity index (χ0) is 20.9. The molecule has 0 spiro atoms. The normalized spacial score (nSPS) is 11.3. The number of aromatic nitrogens is 1. The summed E-state index contributed by atoms with van der Waals surface area (Å²) in [5.74, 6) is -0.236. The Morgan fingerprint density at radius 1 is 1.21 bits per heavy atom. The number of sulfonamides is 1. The van der Waals surface area contributed by atoms with Gasteiger partial charge in [-0.15, -0.1) is 29.3 Å². The van der Waals surface area contributed by atoms with Gasteiger partial charge in [0, 0.05) is 28.9 Å². The fourth-order valence-electron chi connectivity index (χ4n) is 2.57. The van der Waals surface area contributed by atoms with Gasteiger partial charge in [0.2, 0.25) is 10.0 Å². The molecule has 6 nitrogen and oxygen atoms in total. The first-order valence-corrected chi connectivity index (χ1v) is 12.1. The van der Waals surface area contributed by atoms with Crippen LogP contribution in [0.15, 0.2) is 59.3 Å². The van der Waals surface area contributed by atoms with Gasteiger partial charge in [-0.05, 0) is 49.7 Å². The maximum absolute atomic E-state index is 12.3. The van der Waals surface area contributed by atoms with Gasteiger partial charge in [-0.25, -0.2) is 18.1 Å². The van der Waals surface area contributed by atoms with E-state index in [1.165, 1.54) is 35.2 Å². The zero-order valence-corrected chi connectivity index (χ0v) is 18.3. The minimum absolute atomic E-state index is 0.110. The molecule has 3 aromatic rings. The first-order chi connectivity index (χ1) is 13.9. The van der Waals surface area contributed by atoms with Gasteiger partial charge in [0.1, 0.15) is 0 Å². The summed E-state index contributed by atoms with van der Waals surface area (Å²) >= 11 is 3.30. The predicted molar refractivity (Wildman–Crippen MR) is 118 cm³/mol. The number of thiophene rings is 1. The number of aryl methyl sites for hydroxylation is 1. The van der Waals surface area contributed by atoms with Crippen molar-refractivity contribution in [3.63, 3.8) is 0 Å². The number of hydrogen-bond acceptors (Lipinski definition) is 6. The molecule has 152 valence electrons. The molecule has 3 rings (SSSR count). The molecule has 1 amide bonds. The molecule has 0 fully saturated rings. The van der Waals surface area contributed by atoms with Crippen LogP contribution < -0.4 is 10.0 Å². The molecule has 29 heavy (non-hydrogen) atoms. The number of rotatable bonds is 9. The van der Waals surface area contributed by atoms with Crippen molar-refractivity contribution in [3.8, 4) is 10.6 Å². The number of nitrogens with one attached hydrogen (secondary N) is 2. The first-order valence-electron chi connectivity index (χ1n) is 8.89. The highest BCUT2D eigenvalue weighted by Crippen LogP contribution is 2.29. The quantitative estimate of drug-likeness (QED) is 0.491. The highest BCUT2D eigenvalue weighted by atomic mass is 32.2. The summed E-state index contributed by atoms with van der Waals surface area (Å²) in [4.78, 5) is 19.2. The SMILES string of the molecule is C=CCNS(=O)(=O)c1ccc(C(=O)NCCc2ccc(-c3csc(C)n3)s2)cc1. The molecule has 2 N–H and O–H groups in total. The van der Waals surface area contributed by atoms with E-state index in [0.29, 0.717) is 12.1 Å². The summed E-state index contributed by atoms with van der Waals surface area (Å²) in [6.07, 6.45) is 2.19. The molecule has 0 aliphatic rings. The van der Waals surface area contributed by atoms with Crippen molar-refractivity contribution in [2.45, 2.75) is 18.2 Å². The standard InChI is InChI=1S/C20H21N3O3S3/c1-3-11-22-29(25,26)17-7-4-15(5-8-17)20(24)21-12-10-16-6-9-19(28-16)18-13-27-14(2)23-18/h3-9,13,22H,1,10-12H2,2H3,(H,21,24). The van der Waals surface area contributed by atoms with Crippen molar-refractivity contribution in [1.29, 1.82) is 0 Å². The number of benzene rings is 1. The van der Waals surface area contributed by atoms with Gasteiger partial charge in [-0.2, -0.15) is 0 Å². The van der Waals surface area contributed by atoms with Gasteiger partial charge in [0.05, 0.1) is 20.5 Å². The van der Waals surface area contributed by atoms with Gasteiger partial charge < -0.3 is 5.32 Å². The topological polar surface area (TPSA) is 88.2 Å². The smallest absolute Gasteiger partial charge is 0.251 e. The molecule has 9 heteroatoms. The second-order valence-corrected chi connectivity index (χ2v) is 10.2. The lowest BCUT2D eigenvalue weighted by Gasteiger charge is -2.07. The Hall–Kier alpha value is -2.33. The van der Waals surface area contributed by atoms with Gasteiger partial charge in [0.15, 0.2) is 0 Å². The molecule has 1 aromatic carbocycles. The van der Waals surface area contributed by atoms with Crippen LogP contribution in [0.4, 0.5) is 0 Å². The monoisotopic (exact) mass is 447 g/mol. The predicted octanol–water partition coefficient (Wildman–Crippen LogP) is 3.62. The van der Waals surface area contributed by atoms with Crippen LogP contribution >= 0.6 is 22.7 Å². The molecule has 0 aliphatic carbocycles. The average Bonchev–Trinajstić information content (AvgIpc) is 3.35. The molecule has 0 radical (unpaired) electrons. The Bertz CT molecular complexity index is 1100. The maximum Gasteiger partial charge on any atom is 0.251 e. The highest BCUT2D eigenvalue weighted by molar-refractivity contribution is 7.89. The first kappa shape index (κ1) is 21.4. The summed E-state index contributed by atoms with van der Waals surface area (Å²) in [6.45, 7) is 6.11. The number of carbonyl (C=O) groups excluding carboxylic acids is 1. The number of thiazole rings is 1. The van der Waals surface area contributed by atoms with E-state index in [2.05, 4.69) is 33.7 Å². The van der Waals surface area contributed by atoms with Crippen molar-refractivity contribution in [1.82, 2.24) is 15.0 Å². The summed E-state index contributed by atoms with van der Waals surface area (Å²) < 4.78 is 26.5. The van der Waals surface area contributed by atoms with E-state index >= 15 is 0 Å². The van der Waals surface area contributed by atoms with Gasteiger partial charge in [-0.3, -0.25) is 4.79 Å². The lowest BCUT2D eigenvalue weighted by Crippen LogP contribution is -2.26. The van der Waals surface area contributed by atoms with E-state index in [1.807, 2.05) is 12.3 Å². The van der Waals surface area contributed by atoms with Crippen molar-refractivity contribution in [3.05, 3.63) is 69.9 Å². The minimum atomic E-state index is -3.59.